The summed E-state index contributed by atoms with van der Waals surface area (Å²) in [6.45, 7) is 6.37. The maximum absolute atomic E-state index is 12.4. The second-order valence-corrected chi connectivity index (χ2v) is 6.00. The quantitative estimate of drug-likeness (QED) is 0.895. The van der Waals surface area contributed by atoms with E-state index in [0.29, 0.717) is 25.8 Å². The van der Waals surface area contributed by atoms with Crippen molar-refractivity contribution >= 4 is 23.2 Å². The first-order chi connectivity index (χ1) is 9.56. The monoisotopic (exact) mass is 295 g/mol. The van der Waals surface area contributed by atoms with Crippen LogP contribution >= 0.6 is 11.3 Å². The minimum absolute atomic E-state index is 0.0331. The van der Waals surface area contributed by atoms with E-state index in [1.54, 1.807) is 16.2 Å². The van der Waals surface area contributed by atoms with Crippen molar-refractivity contribution in [3.05, 3.63) is 16.1 Å². The number of thiazole rings is 1. The molecule has 1 aliphatic rings. The van der Waals surface area contributed by atoms with Gasteiger partial charge in [0.05, 0.1) is 5.01 Å². The summed E-state index contributed by atoms with van der Waals surface area (Å²) in [6, 6.07) is -0.713. The first-order valence-corrected chi connectivity index (χ1v) is 7.96. The van der Waals surface area contributed by atoms with Gasteiger partial charge in [-0.05, 0) is 19.8 Å². The van der Waals surface area contributed by atoms with Crippen molar-refractivity contribution in [1.82, 2.24) is 15.2 Å². The van der Waals surface area contributed by atoms with E-state index >= 15 is 0 Å². The molecule has 20 heavy (non-hydrogen) atoms. The fourth-order valence-electron chi connectivity index (χ4n) is 2.51. The van der Waals surface area contributed by atoms with Crippen LogP contribution in [0.25, 0.3) is 0 Å². The van der Waals surface area contributed by atoms with Crippen LogP contribution < -0.4 is 5.32 Å². The molecule has 1 aromatic rings. The number of aromatic nitrogens is 1. The number of piperazine rings is 1. The molecule has 2 atom stereocenters. The largest absolute Gasteiger partial charge is 0.343 e. The van der Waals surface area contributed by atoms with Crippen LogP contribution in [0.15, 0.2) is 5.38 Å². The fraction of sp³-hybridized carbons (Fsp3) is 0.643. The summed E-state index contributed by atoms with van der Waals surface area (Å²) in [4.78, 5) is 30.6. The first-order valence-electron chi connectivity index (χ1n) is 7.08. The third-order valence-electron chi connectivity index (χ3n) is 3.60. The molecular weight excluding hydrogens is 274 g/mol. The van der Waals surface area contributed by atoms with Crippen molar-refractivity contribution in [2.45, 2.75) is 52.1 Å². The van der Waals surface area contributed by atoms with Crippen LogP contribution in [0.1, 0.15) is 37.4 Å². The molecular formula is C14H21N3O2S. The minimum atomic E-state index is -0.372. The van der Waals surface area contributed by atoms with Crippen LogP contribution in [0.2, 0.25) is 0 Å². The zero-order valence-electron chi connectivity index (χ0n) is 12.2. The van der Waals surface area contributed by atoms with Gasteiger partial charge in [0.25, 0.3) is 0 Å². The molecule has 1 aromatic heterocycles. The highest BCUT2D eigenvalue weighted by molar-refractivity contribution is 7.09. The summed E-state index contributed by atoms with van der Waals surface area (Å²) in [6.07, 6.45) is 1.99. The zero-order valence-corrected chi connectivity index (χ0v) is 13.0. The lowest BCUT2D eigenvalue weighted by Crippen LogP contribution is -2.63. The van der Waals surface area contributed by atoms with Crippen LogP contribution in [0.5, 0.6) is 0 Å². The average Bonchev–Trinajstić information content (AvgIpc) is 2.84. The maximum atomic E-state index is 12.4. The van der Waals surface area contributed by atoms with Gasteiger partial charge >= 0.3 is 0 Å². The van der Waals surface area contributed by atoms with Crippen LogP contribution in [-0.2, 0) is 16.0 Å². The van der Waals surface area contributed by atoms with E-state index in [2.05, 4.69) is 10.3 Å². The molecule has 0 bridgehead atoms. The molecule has 110 valence electrons. The number of carbonyl (C=O) groups is 2. The number of aryl methyl sites for hydroxylation is 1. The van der Waals surface area contributed by atoms with E-state index < -0.39 is 0 Å². The molecule has 2 amide bonds. The van der Waals surface area contributed by atoms with Gasteiger partial charge in [-0.25, -0.2) is 4.98 Å². The summed E-state index contributed by atoms with van der Waals surface area (Å²) < 4.78 is 0. The van der Waals surface area contributed by atoms with E-state index in [4.69, 9.17) is 0 Å². The van der Waals surface area contributed by atoms with E-state index in [9.17, 15) is 9.59 Å². The Balaban J connectivity index is 2.08. The number of hydrogen-bond donors (Lipinski definition) is 1. The van der Waals surface area contributed by atoms with Gasteiger partial charge in [-0.2, -0.15) is 0 Å². The average molecular weight is 295 g/mol. The van der Waals surface area contributed by atoms with Gasteiger partial charge < -0.3 is 10.2 Å². The van der Waals surface area contributed by atoms with Crippen LogP contribution in [0.3, 0.4) is 0 Å². The summed E-state index contributed by atoms with van der Waals surface area (Å²) in [5, 5.41) is 5.83. The summed E-state index contributed by atoms with van der Waals surface area (Å²) in [5.41, 5.74) is 1.01. The topological polar surface area (TPSA) is 62.3 Å². The highest BCUT2D eigenvalue weighted by Gasteiger charge is 2.38. The SMILES string of the molecule is CCC1NC(=O)C(CC)N(CCc2nc(C)cs2)C1=O. The molecule has 0 aromatic carbocycles. The summed E-state index contributed by atoms with van der Waals surface area (Å²) in [7, 11) is 0. The third kappa shape index (κ3) is 3.00. The molecule has 1 fully saturated rings. The standard InChI is InChI=1S/C14H21N3O2S/c1-4-10-14(19)17(11(5-2)13(18)16-10)7-6-12-15-9(3)8-20-12/h8,10-11H,4-7H2,1-3H3,(H,16,18). The molecule has 0 aliphatic carbocycles. The molecule has 2 heterocycles. The molecule has 0 spiro atoms. The smallest absolute Gasteiger partial charge is 0.245 e. The maximum Gasteiger partial charge on any atom is 0.245 e. The van der Waals surface area contributed by atoms with E-state index in [1.165, 1.54) is 0 Å². The zero-order chi connectivity index (χ0) is 14.7. The normalized spacial score (nSPS) is 23.1. The van der Waals surface area contributed by atoms with Gasteiger partial charge in [0.15, 0.2) is 0 Å². The number of carbonyl (C=O) groups excluding carboxylic acids is 2. The number of amides is 2. The lowest BCUT2D eigenvalue weighted by Gasteiger charge is -2.38. The molecule has 6 heteroatoms. The Bertz CT molecular complexity index is 500. The number of nitrogens with zero attached hydrogens (tertiary/aromatic N) is 2. The highest BCUT2D eigenvalue weighted by Crippen LogP contribution is 2.17. The van der Waals surface area contributed by atoms with Crippen molar-refractivity contribution in [2.24, 2.45) is 0 Å². The van der Waals surface area contributed by atoms with E-state index in [-0.39, 0.29) is 23.9 Å². The van der Waals surface area contributed by atoms with Gasteiger partial charge in [0.1, 0.15) is 12.1 Å². The van der Waals surface area contributed by atoms with Crippen LogP contribution in [0.4, 0.5) is 0 Å². The predicted octanol–water partition coefficient (Wildman–Crippen LogP) is 1.51. The second-order valence-electron chi connectivity index (χ2n) is 5.06. The first kappa shape index (κ1) is 15.0. The third-order valence-corrected chi connectivity index (χ3v) is 4.63. The van der Waals surface area contributed by atoms with Gasteiger partial charge in [0, 0.05) is 24.0 Å². The highest BCUT2D eigenvalue weighted by atomic mass is 32.1. The number of rotatable bonds is 5. The van der Waals surface area contributed by atoms with Crippen molar-refractivity contribution in [2.75, 3.05) is 6.54 Å². The van der Waals surface area contributed by atoms with E-state index in [1.807, 2.05) is 26.2 Å². The second kappa shape index (κ2) is 6.35. The van der Waals surface area contributed by atoms with Crippen molar-refractivity contribution in [3.63, 3.8) is 0 Å². The fourth-order valence-corrected chi connectivity index (χ4v) is 3.27. The Labute approximate surface area is 123 Å². The minimum Gasteiger partial charge on any atom is -0.343 e. The molecule has 5 nitrogen and oxygen atoms in total. The van der Waals surface area contributed by atoms with Crippen molar-refractivity contribution in [3.8, 4) is 0 Å². The number of nitrogens with one attached hydrogen (secondary N) is 1. The molecule has 2 rings (SSSR count). The van der Waals surface area contributed by atoms with Crippen LogP contribution in [0, 0.1) is 6.92 Å². The Morgan fingerprint density at radius 2 is 2.10 bits per heavy atom. The molecule has 1 saturated heterocycles. The van der Waals surface area contributed by atoms with Gasteiger partial charge in [0.2, 0.25) is 11.8 Å². The Morgan fingerprint density at radius 1 is 1.35 bits per heavy atom. The lowest BCUT2D eigenvalue weighted by atomic mass is 10.0. The Hall–Kier alpha value is -1.43. The number of hydrogen-bond acceptors (Lipinski definition) is 4. The Kier molecular flexibility index (Phi) is 4.75. The van der Waals surface area contributed by atoms with Gasteiger partial charge in [-0.3, -0.25) is 9.59 Å². The molecule has 1 N–H and O–H groups in total. The van der Waals surface area contributed by atoms with Gasteiger partial charge in [-0.15, -0.1) is 11.3 Å². The summed E-state index contributed by atoms with van der Waals surface area (Å²) >= 11 is 1.61. The van der Waals surface area contributed by atoms with Crippen molar-refractivity contribution in [1.29, 1.82) is 0 Å². The van der Waals surface area contributed by atoms with Crippen LogP contribution in [-0.4, -0.2) is 40.3 Å². The molecule has 0 saturated carbocycles. The van der Waals surface area contributed by atoms with Crippen molar-refractivity contribution < 1.29 is 9.59 Å². The van der Waals surface area contributed by atoms with Gasteiger partial charge in [-0.1, -0.05) is 13.8 Å². The molecule has 2 unspecified atom stereocenters. The summed E-state index contributed by atoms with van der Waals surface area (Å²) in [5.74, 6) is 0.00139. The predicted molar refractivity (Wildman–Crippen MR) is 78.6 cm³/mol. The lowest BCUT2D eigenvalue weighted by molar-refractivity contribution is -0.149. The molecule has 1 aliphatic heterocycles. The molecule has 0 radical (unpaired) electrons. The van der Waals surface area contributed by atoms with E-state index in [0.717, 1.165) is 10.7 Å². The Morgan fingerprint density at radius 3 is 2.65 bits per heavy atom.